The number of ether oxygens (including phenoxy) is 2. The third kappa shape index (κ3) is 2.72. The molecule has 2 N–H and O–H groups in total. The summed E-state index contributed by atoms with van der Waals surface area (Å²) in [4.78, 5) is 17.6. The summed E-state index contributed by atoms with van der Waals surface area (Å²) in [6.45, 7) is 0.836. The first-order valence-electron chi connectivity index (χ1n) is 8.80. The lowest BCUT2D eigenvalue weighted by Crippen LogP contribution is -2.45. The van der Waals surface area contributed by atoms with E-state index in [2.05, 4.69) is 20.5 Å². The Bertz CT molecular complexity index is 932. The summed E-state index contributed by atoms with van der Waals surface area (Å²) in [5, 5.41) is 9.60. The second-order valence-electron chi connectivity index (χ2n) is 6.76. The molecule has 0 unspecified atom stereocenters. The van der Waals surface area contributed by atoms with E-state index >= 15 is 0 Å². The lowest BCUT2D eigenvalue weighted by molar-refractivity contribution is 0.0901. The third-order valence-corrected chi connectivity index (χ3v) is 4.84. The Morgan fingerprint density at radius 1 is 1.35 bits per heavy atom. The van der Waals surface area contributed by atoms with Crippen LogP contribution in [0.3, 0.4) is 0 Å². The number of H-pyrrole nitrogens is 1. The zero-order valence-electron chi connectivity index (χ0n) is 14.1. The summed E-state index contributed by atoms with van der Waals surface area (Å²) < 4.78 is 13.4. The number of rotatable bonds is 5. The van der Waals surface area contributed by atoms with Crippen LogP contribution in [-0.2, 0) is 4.74 Å². The largest absolute Gasteiger partial charge is 0.482 e. The summed E-state index contributed by atoms with van der Waals surface area (Å²) in [5.41, 5.74) is 1.29. The minimum atomic E-state index is -0.256. The van der Waals surface area contributed by atoms with E-state index in [-0.39, 0.29) is 18.1 Å². The number of aromatic amines is 1. The van der Waals surface area contributed by atoms with Gasteiger partial charge in [-0.15, -0.1) is 0 Å². The molecule has 0 aromatic carbocycles. The fraction of sp³-hybridized carbons (Fsp3) is 0.389. The molecule has 3 aromatic rings. The van der Waals surface area contributed by atoms with Crippen LogP contribution in [0.2, 0.25) is 0 Å². The number of carbonyl (C=O) groups is 1. The van der Waals surface area contributed by atoms with Crippen LogP contribution in [0.25, 0.3) is 5.52 Å². The number of fused-ring (bicyclic) bond motifs is 1. The first-order valence-corrected chi connectivity index (χ1v) is 8.80. The van der Waals surface area contributed by atoms with Crippen LogP contribution >= 0.6 is 0 Å². The van der Waals surface area contributed by atoms with Crippen molar-refractivity contribution in [1.82, 2.24) is 24.9 Å². The van der Waals surface area contributed by atoms with E-state index in [1.54, 1.807) is 12.4 Å². The van der Waals surface area contributed by atoms with E-state index in [9.17, 15) is 4.79 Å². The van der Waals surface area contributed by atoms with Gasteiger partial charge in [0, 0.05) is 12.1 Å². The van der Waals surface area contributed by atoms with Crippen molar-refractivity contribution >= 4 is 11.4 Å². The van der Waals surface area contributed by atoms with Crippen molar-refractivity contribution in [3.8, 4) is 5.75 Å². The number of imidazole rings is 1. The maximum absolute atomic E-state index is 12.9. The minimum Gasteiger partial charge on any atom is -0.482 e. The Hall–Kier alpha value is -2.87. The van der Waals surface area contributed by atoms with Gasteiger partial charge >= 0.3 is 0 Å². The van der Waals surface area contributed by atoms with E-state index in [1.165, 1.54) is 0 Å². The van der Waals surface area contributed by atoms with Gasteiger partial charge in [0.2, 0.25) is 0 Å². The number of aromatic nitrogens is 4. The molecule has 2 fully saturated rings. The average Bonchev–Trinajstić information content (AvgIpc) is 3.06. The van der Waals surface area contributed by atoms with Gasteiger partial charge in [-0.2, -0.15) is 5.10 Å². The van der Waals surface area contributed by atoms with Gasteiger partial charge in [-0.1, -0.05) is 6.07 Å². The fourth-order valence-corrected chi connectivity index (χ4v) is 3.36. The molecular formula is C18H19N5O3. The molecule has 0 bridgehead atoms. The molecule has 8 heteroatoms. The molecular weight excluding hydrogens is 334 g/mol. The standard InChI is InChI=1S/C18H19N5O3/c24-18(21-13-9-25-10-15(13)26-12-7-19-20-8-12)16-14-3-1-2-6-23(14)17(22-16)11-4-5-11/h1-3,6-8,11,13,15H,4-5,9-10H2,(H,19,20)(H,21,24)/t13-,15+/m0/s1. The van der Waals surface area contributed by atoms with Gasteiger partial charge in [-0.05, 0) is 25.0 Å². The number of amides is 1. The van der Waals surface area contributed by atoms with Crippen molar-refractivity contribution in [1.29, 1.82) is 0 Å². The SMILES string of the molecule is O=C(N[C@H]1COC[C@H]1Oc1cn[nH]c1)c1nc(C2CC2)n2ccccc12. The van der Waals surface area contributed by atoms with Gasteiger partial charge in [0.05, 0.1) is 37.2 Å². The number of carbonyl (C=O) groups excluding carboxylic acids is 1. The Kier molecular flexibility index (Phi) is 3.63. The normalized spacial score (nSPS) is 22.6. The van der Waals surface area contributed by atoms with Crippen LogP contribution in [0.5, 0.6) is 5.75 Å². The van der Waals surface area contributed by atoms with Gasteiger partial charge in [0.25, 0.3) is 5.91 Å². The molecule has 1 aliphatic heterocycles. The van der Waals surface area contributed by atoms with Crippen molar-refractivity contribution in [3.05, 3.63) is 48.3 Å². The van der Waals surface area contributed by atoms with Crippen LogP contribution in [-0.4, -0.2) is 50.8 Å². The Labute approximate surface area is 149 Å². The van der Waals surface area contributed by atoms with E-state index in [0.717, 1.165) is 24.2 Å². The molecule has 26 heavy (non-hydrogen) atoms. The Balaban J connectivity index is 1.37. The van der Waals surface area contributed by atoms with Crippen molar-refractivity contribution in [3.63, 3.8) is 0 Å². The predicted octanol–water partition coefficient (Wildman–Crippen LogP) is 1.51. The van der Waals surface area contributed by atoms with Crippen LogP contribution < -0.4 is 10.1 Å². The van der Waals surface area contributed by atoms with Gasteiger partial charge in [0.1, 0.15) is 11.9 Å². The van der Waals surface area contributed by atoms with Crippen LogP contribution in [0.15, 0.2) is 36.8 Å². The van der Waals surface area contributed by atoms with Crippen molar-refractivity contribution < 1.29 is 14.3 Å². The van der Waals surface area contributed by atoms with Gasteiger partial charge in [-0.3, -0.25) is 9.89 Å². The highest BCUT2D eigenvalue weighted by Gasteiger charge is 2.34. The summed E-state index contributed by atoms with van der Waals surface area (Å²) in [6, 6.07) is 5.58. The summed E-state index contributed by atoms with van der Waals surface area (Å²) in [6.07, 6.45) is 7.24. The molecule has 1 aliphatic carbocycles. The maximum Gasteiger partial charge on any atom is 0.272 e. The molecule has 8 nitrogen and oxygen atoms in total. The second-order valence-corrected chi connectivity index (χ2v) is 6.76. The molecule has 0 spiro atoms. The minimum absolute atomic E-state index is 0.197. The number of nitrogens with zero attached hydrogens (tertiary/aromatic N) is 3. The number of nitrogens with one attached hydrogen (secondary N) is 2. The molecule has 134 valence electrons. The monoisotopic (exact) mass is 353 g/mol. The van der Waals surface area contributed by atoms with Crippen molar-refractivity contribution in [2.24, 2.45) is 0 Å². The molecule has 1 amide bonds. The third-order valence-electron chi connectivity index (χ3n) is 4.84. The first-order chi connectivity index (χ1) is 12.8. The average molecular weight is 353 g/mol. The maximum atomic E-state index is 12.9. The van der Waals surface area contributed by atoms with E-state index < -0.39 is 0 Å². The number of hydrogen-bond donors (Lipinski definition) is 2. The molecule has 2 aliphatic rings. The summed E-state index contributed by atoms with van der Waals surface area (Å²) in [7, 11) is 0. The van der Waals surface area contributed by atoms with E-state index in [4.69, 9.17) is 9.47 Å². The predicted molar refractivity (Wildman–Crippen MR) is 92.2 cm³/mol. The Morgan fingerprint density at radius 2 is 2.27 bits per heavy atom. The summed E-state index contributed by atoms with van der Waals surface area (Å²) >= 11 is 0. The molecule has 5 rings (SSSR count). The quantitative estimate of drug-likeness (QED) is 0.725. The fourth-order valence-electron chi connectivity index (χ4n) is 3.36. The number of pyridine rings is 1. The molecule has 3 aromatic heterocycles. The van der Waals surface area contributed by atoms with E-state index in [1.807, 2.05) is 28.8 Å². The van der Waals surface area contributed by atoms with Crippen molar-refractivity contribution in [2.45, 2.75) is 30.9 Å². The van der Waals surface area contributed by atoms with Crippen LogP contribution in [0.1, 0.15) is 35.1 Å². The zero-order valence-corrected chi connectivity index (χ0v) is 14.1. The molecule has 1 saturated heterocycles. The highest BCUT2D eigenvalue weighted by molar-refractivity contribution is 5.99. The topological polar surface area (TPSA) is 93.5 Å². The lowest BCUT2D eigenvalue weighted by atomic mass is 10.2. The second kappa shape index (κ2) is 6.14. The van der Waals surface area contributed by atoms with Gasteiger partial charge in [0.15, 0.2) is 11.4 Å². The van der Waals surface area contributed by atoms with Crippen LogP contribution in [0.4, 0.5) is 0 Å². The van der Waals surface area contributed by atoms with Gasteiger partial charge in [-0.25, -0.2) is 4.98 Å². The highest BCUT2D eigenvalue weighted by Crippen LogP contribution is 2.40. The number of hydrogen-bond acceptors (Lipinski definition) is 5. The first kappa shape index (κ1) is 15.4. The molecule has 1 saturated carbocycles. The van der Waals surface area contributed by atoms with Gasteiger partial charge < -0.3 is 19.2 Å². The summed E-state index contributed by atoms with van der Waals surface area (Å²) in [5.74, 6) is 1.86. The zero-order chi connectivity index (χ0) is 17.5. The lowest BCUT2D eigenvalue weighted by Gasteiger charge is -2.19. The molecule has 0 radical (unpaired) electrons. The highest BCUT2D eigenvalue weighted by atomic mass is 16.5. The van der Waals surface area contributed by atoms with Crippen molar-refractivity contribution in [2.75, 3.05) is 13.2 Å². The van der Waals surface area contributed by atoms with E-state index in [0.29, 0.717) is 30.6 Å². The molecule has 4 heterocycles. The molecule has 2 atom stereocenters. The van der Waals surface area contributed by atoms with Crippen LogP contribution in [0, 0.1) is 0 Å². The smallest absolute Gasteiger partial charge is 0.272 e. The Morgan fingerprint density at radius 3 is 3.08 bits per heavy atom.